The van der Waals surface area contributed by atoms with Gasteiger partial charge in [-0.15, -0.1) is 0 Å². The van der Waals surface area contributed by atoms with E-state index in [1.165, 1.54) is 0 Å². The molecule has 0 saturated carbocycles. The van der Waals surface area contributed by atoms with Crippen LogP contribution in [0, 0.1) is 0 Å². The van der Waals surface area contributed by atoms with Crippen molar-refractivity contribution in [1.29, 1.82) is 0 Å². The third-order valence-corrected chi connectivity index (χ3v) is 4.34. The molecule has 0 amide bonds. The van der Waals surface area contributed by atoms with Gasteiger partial charge < -0.3 is 13.5 Å². The summed E-state index contributed by atoms with van der Waals surface area (Å²) in [5.41, 5.74) is 2.88. The molecule has 3 heterocycles. The summed E-state index contributed by atoms with van der Waals surface area (Å²) >= 11 is 1.58. The van der Waals surface area contributed by atoms with E-state index in [4.69, 9.17) is 8.94 Å². The Bertz CT molecular complexity index is 911. The number of rotatable bonds is 4. The summed E-state index contributed by atoms with van der Waals surface area (Å²) < 4.78 is 12.3. The number of hydrogen-bond acceptors (Lipinski definition) is 6. The molecule has 0 saturated heterocycles. The van der Waals surface area contributed by atoms with Gasteiger partial charge in [-0.3, -0.25) is 0 Å². The number of fused-ring (bicyclic) bond motifs is 1. The van der Waals surface area contributed by atoms with Crippen LogP contribution in [-0.4, -0.2) is 19.7 Å². The van der Waals surface area contributed by atoms with Gasteiger partial charge in [0.15, 0.2) is 11.0 Å². The maximum absolute atomic E-state index is 5.22. The predicted molar refractivity (Wildman–Crippen MR) is 82.3 cm³/mol. The van der Waals surface area contributed by atoms with Crippen LogP contribution in [0.4, 0.5) is 0 Å². The Morgan fingerprint density at radius 3 is 2.91 bits per heavy atom. The van der Waals surface area contributed by atoms with Gasteiger partial charge in [0.2, 0.25) is 0 Å². The maximum atomic E-state index is 5.22. The summed E-state index contributed by atoms with van der Waals surface area (Å²) in [5, 5.41) is 4.91. The first kappa shape index (κ1) is 13.1. The van der Waals surface area contributed by atoms with Gasteiger partial charge in [0.05, 0.1) is 28.6 Å². The number of furan rings is 1. The second-order valence-electron chi connectivity index (χ2n) is 4.76. The van der Waals surface area contributed by atoms with Crippen LogP contribution in [0.25, 0.3) is 22.5 Å². The normalized spacial score (nSPS) is 11.3. The predicted octanol–water partition coefficient (Wildman–Crippen LogP) is 3.51. The minimum Gasteiger partial charge on any atom is -0.472 e. The Morgan fingerprint density at radius 1 is 1.18 bits per heavy atom. The van der Waals surface area contributed by atoms with Crippen molar-refractivity contribution in [2.24, 2.45) is 7.05 Å². The van der Waals surface area contributed by atoms with Crippen molar-refractivity contribution in [3.63, 3.8) is 0 Å². The first-order chi connectivity index (χ1) is 10.8. The molecule has 0 spiro atoms. The van der Waals surface area contributed by atoms with Crippen molar-refractivity contribution in [1.82, 2.24) is 19.7 Å². The summed E-state index contributed by atoms with van der Waals surface area (Å²) in [5.74, 6) is 1.70. The van der Waals surface area contributed by atoms with Crippen molar-refractivity contribution in [3.05, 3.63) is 48.7 Å². The second kappa shape index (κ2) is 5.34. The van der Waals surface area contributed by atoms with Gasteiger partial charge in [-0.2, -0.15) is 4.98 Å². The summed E-state index contributed by atoms with van der Waals surface area (Å²) in [6.07, 6.45) is 3.16. The molecule has 0 aliphatic carbocycles. The highest BCUT2D eigenvalue weighted by Crippen LogP contribution is 2.26. The van der Waals surface area contributed by atoms with Crippen LogP contribution in [0.3, 0.4) is 0 Å². The molecule has 1 aromatic carbocycles. The summed E-state index contributed by atoms with van der Waals surface area (Å²) in [6.45, 7) is 0. The fourth-order valence-electron chi connectivity index (χ4n) is 2.20. The van der Waals surface area contributed by atoms with Crippen molar-refractivity contribution in [2.75, 3.05) is 0 Å². The van der Waals surface area contributed by atoms with Crippen LogP contribution < -0.4 is 0 Å². The smallest absolute Gasteiger partial charge is 0.261 e. The minimum absolute atomic E-state index is 0.467. The first-order valence-electron chi connectivity index (χ1n) is 6.70. The number of imidazole rings is 1. The van der Waals surface area contributed by atoms with Crippen molar-refractivity contribution >= 4 is 22.8 Å². The van der Waals surface area contributed by atoms with Crippen molar-refractivity contribution in [3.8, 4) is 11.5 Å². The zero-order valence-electron chi connectivity index (χ0n) is 11.8. The average Bonchev–Trinajstić information content (AvgIpc) is 3.26. The van der Waals surface area contributed by atoms with Gasteiger partial charge in [-0.1, -0.05) is 29.1 Å². The van der Waals surface area contributed by atoms with Crippen LogP contribution in [0.15, 0.2) is 57.0 Å². The molecule has 110 valence electrons. The molecule has 0 aliphatic rings. The number of benzene rings is 1. The zero-order chi connectivity index (χ0) is 14.9. The first-order valence-corrected chi connectivity index (χ1v) is 7.69. The number of nitrogens with zero attached hydrogens (tertiary/aromatic N) is 4. The molecule has 0 atom stereocenters. The van der Waals surface area contributed by atoms with Gasteiger partial charge in [0.25, 0.3) is 5.89 Å². The molecular formula is C15H12N4O2S. The Balaban J connectivity index is 1.53. The van der Waals surface area contributed by atoms with Crippen molar-refractivity contribution in [2.45, 2.75) is 10.9 Å². The SMILES string of the molecule is Cn1c(SCc2noc(-c3ccoc3)n2)nc2ccccc21. The highest BCUT2D eigenvalue weighted by molar-refractivity contribution is 7.98. The van der Waals surface area contributed by atoms with Gasteiger partial charge in [0.1, 0.15) is 6.26 Å². The molecular weight excluding hydrogens is 300 g/mol. The van der Waals surface area contributed by atoms with Gasteiger partial charge in [-0.05, 0) is 18.2 Å². The molecule has 0 bridgehead atoms. The molecule has 7 heteroatoms. The quantitative estimate of drug-likeness (QED) is 0.537. The van der Waals surface area contributed by atoms with E-state index in [0.29, 0.717) is 17.5 Å². The van der Waals surface area contributed by atoms with Crippen LogP contribution in [0.2, 0.25) is 0 Å². The minimum atomic E-state index is 0.467. The Hall–Kier alpha value is -2.54. The monoisotopic (exact) mass is 312 g/mol. The third-order valence-electron chi connectivity index (χ3n) is 3.31. The van der Waals surface area contributed by atoms with Crippen LogP contribution >= 0.6 is 11.8 Å². The fourth-order valence-corrected chi connectivity index (χ4v) is 3.03. The van der Waals surface area contributed by atoms with E-state index in [-0.39, 0.29) is 0 Å². The van der Waals surface area contributed by atoms with Gasteiger partial charge >= 0.3 is 0 Å². The molecule has 3 aromatic heterocycles. The molecule has 6 nitrogen and oxygen atoms in total. The molecule has 0 fully saturated rings. The number of thioether (sulfide) groups is 1. The molecule has 0 radical (unpaired) electrons. The van der Waals surface area contributed by atoms with E-state index in [9.17, 15) is 0 Å². The second-order valence-corrected chi connectivity index (χ2v) is 5.70. The zero-order valence-corrected chi connectivity index (χ0v) is 12.6. The highest BCUT2D eigenvalue weighted by atomic mass is 32.2. The number of para-hydroxylation sites is 2. The Labute approximate surface area is 130 Å². The number of aromatic nitrogens is 4. The van der Waals surface area contributed by atoms with E-state index < -0.39 is 0 Å². The lowest BCUT2D eigenvalue weighted by molar-refractivity contribution is 0.424. The summed E-state index contributed by atoms with van der Waals surface area (Å²) in [4.78, 5) is 8.96. The van der Waals surface area contributed by atoms with Crippen LogP contribution in [-0.2, 0) is 12.8 Å². The summed E-state index contributed by atoms with van der Waals surface area (Å²) in [7, 11) is 2.00. The van der Waals surface area contributed by atoms with E-state index in [1.54, 1.807) is 30.4 Å². The third kappa shape index (κ3) is 2.29. The lowest BCUT2D eigenvalue weighted by Crippen LogP contribution is -1.92. The van der Waals surface area contributed by atoms with Crippen LogP contribution in [0.5, 0.6) is 0 Å². The van der Waals surface area contributed by atoms with E-state index in [2.05, 4.69) is 25.8 Å². The molecule has 0 N–H and O–H groups in total. The Morgan fingerprint density at radius 2 is 2.09 bits per heavy atom. The maximum Gasteiger partial charge on any atom is 0.261 e. The topological polar surface area (TPSA) is 69.9 Å². The van der Waals surface area contributed by atoms with Gasteiger partial charge in [0, 0.05) is 7.05 Å². The molecule has 0 aliphatic heterocycles. The average molecular weight is 312 g/mol. The van der Waals surface area contributed by atoms with Gasteiger partial charge in [-0.25, -0.2) is 4.98 Å². The highest BCUT2D eigenvalue weighted by Gasteiger charge is 2.12. The summed E-state index contributed by atoms with van der Waals surface area (Å²) in [6, 6.07) is 9.84. The van der Waals surface area contributed by atoms with E-state index in [0.717, 1.165) is 21.8 Å². The number of hydrogen-bond donors (Lipinski definition) is 0. The van der Waals surface area contributed by atoms with E-state index in [1.807, 2.05) is 25.2 Å². The lowest BCUT2D eigenvalue weighted by atomic mass is 10.3. The number of aryl methyl sites for hydroxylation is 1. The molecule has 4 aromatic rings. The molecule has 22 heavy (non-hydrogen) atoms. The fraction of sp³-hybridized carbons (Fsp3) is 0.133. The van der Waals surface area contributed by atoms with E-state index >= 15 is 0 Å². The standard InChI is InChI=1S/C15H12N4O2S/c1-19-12-5-3-2-4-11(12)16-15(19)22-9-13-17-14(21-18-13)10-6-7-20-8-10/h2-8H,9H2,1H3. The largest absolute Gasteiger partial charge is 0.472 e. The van der Waals surface area contributed by atoms with Crippen LogP contribution in [0.1, 0.15) is 5.82 Å². The van der Waals surface area contributed by atoms with Crippen molar-refractivity contribution < 1.29 is 8.94 Å². The Kier molecular flexibility index (Phi) is 3.19. The molecule has 4 rings (SSSR count). The lowest BCUT2D eigenvalue weighted by Gasteiger charge is -1.99. The molecule has 0 unspecified atom stereocenters.